The lowest BCUT2D eigenvalue weighted by molar-refractivity contribution is -0.122. The lowest BCUT2D eigenvalue weighted by atomic mass is 10.3. The highest BCUT2D eigenvalue weighted by Crippen LogP contribution is 2.28. The first-order valence-corrected chi connectivity index (χ1v) is 7.17. The SMILES string of the molecule is CCc1ccc(CNCCNC(=O)C2CC2)s1. The fourth-order valence-electron chi connectivity index (χ4n) is 1.68. The van der Waals surface area contributed by atoms with Crippen molar-refractivity contribution in [3.8, 4) is 0 Å². The van der Waals surface area contributed by atoms with Crippen molar-refractivity contribution in [2.45, 2.75) is 32.7 Å². The Hall–Kier alpha value is -0.870. The van der Waals surface area contributed by atoms with Crippen LogP contribution in [0.15, 0.2) is 12.1 Å². The van der Waals surface area contributed by atoms with E-state index in [2.05, 4.69) is 29.7 Å². The Morgan fingerprint density at radius 3 is 2.76 bits per heavy atom. The predicted molar refractivity (Wildman–Crippen MR) is 71.1 cm³/mol. The minimum absolute atomic E-state index is 0.233. The second-order valence-corrected chi connectivity index (χ2v) is 5.72. The van der Waals surface area contributed by atoms with Gasteiger partial charge in [0.1, 0.15) is 0 Å². The number of thiophene rings is 1. The van der Waals surface area contributed by atoms with Crippen molar-refractivity contribution in [1.29, 1.82) is 0 Å². The highest BCUT2D eigenvalue weighted by atomic mass is 32.1. The first-order chi connectivity index (χ1) is 8.29. The molecule has 17 heavy (non-hydrogen) atoms. The molecule has 1 aliphatic carbocycles. The van der Waals surface area contributed by atoms with Gasteiger partial charge in [-0.05, 0) is 31.4 Å². The minimum atomic E-state index is 0.233. The van der Waals surface area contributed by atoms with Gasteiger partial charge in [-0.1, -0.05) is 6.92 Å². The van der Waals surface area contributed by atoms with Crippen LogP contribution in [0.4, 0.5) is 0 Å². The number of carbonyl (C=O) groups excluding carboxylic acids is 1. The topological polar surface area (TPSA) is 41.1 Å². The maximum Gasteiger partial charge on any atom is 0.223 e. The van der Waals surface area contributed by atoms with Crippen LogP contribution < -0.4 is 10.6 Å². The van der Waals surface area contributed by atoms with Gasteiger partial charge in [0.25, 0.3) is 0 Å². The van der Waals surface area contributed by atoms with Gasteiger partial charge in [0.15, 0.2) is 0 Å². The highest BCUT2D eigenvalue weighted by molar-refractivity contribution is 7.11. The molecule has 0 radical (unpaired) electrons. The van der Waals surface area contributed by atoms with Gasteiger partial charge >= 0.3 is 0 Å². The zero-order valence-corrected chi connectivity index (χ0v) is 11.1. The van der Waals surface area contributed by atoms with Crippen LogP contribution in [0.5, 0.6) is 0 Å². The normalized spacial score (nSPS) is 14.9. The van der Waals surface area contributed by atoms with Crippen molar-refractivity contribution in [3.05, 3.63) is 21.9 Å². The molecule has 0 aromatic carbocycles. The highest BCUT2D eigenvalue weighted by Gasteiger charge is 2.28. The van der Waals surface area contributed by atoms with E-state index < -0.39 is 0 Å². The number of nitrogens with one attached hydrogen (secondary N) is 2. The Morgan fingerprint density at radius 2 is 2.12 bits per heavy atom. The van der Waals surface area contributed by atoms with Crippen LogP contribution in [0.3, 0.4) is 0 Å². The largest absolute Gasteiger partial charge is 0.355 e. The molecule has 1 aromatic rings. The summed E-state index contributed by atoms with van der Waals surface area (Å²) in [6.07, 6.45) is 3.27. The van der Waals surface area contributed by atoms with E-state index in [1.165, 1.54) is 9.75 Å². The molecule has 2 rings (SSSR count). The second-order valence-electron chi connectivity index (χ2n) is 4.46. The number of hydrogen-bond acceptors (Lipinski definition) is 3. The van der Waals surface area contributed by atoms with Crippen LogP contribution in [0.25, 0.3) is 0 Å². The summed E-state index contributed by atoms with van der Waals surface area (Å²) in [5.74, 6) is 0.551. The van der Waals surface area contributed by atoms with E-state index in [0.717, 1.165) is 38.9 Å². The van der Waals surface area contributed by atoms with Crippen LogP contribution >= 0.6 is 11.3 Å². The molecule has 0 aliphatic heterocycles. The van der Waals surface area contributed by atoms with E-state index in [-0.39, 0.29) is 5.91 Å². The van der Waals surface area contributed by atoms with Gasteiger partial charge in [-0.25, -0.2) is 0 Å². The third kappa shape index (κ3) is 4.13. The summed E-state index contributed by atoms with van der Waals surface area (Å²) in [5.41, 5.74) is 0. The van der Waals surface area contributed by atoms with Crippen molar-refractivity contribution < 1.29 is 4.79 Å². The molecule has 1 aromatic heterocycles. The van der Waals surface area contributed by atoms with Gasteiger partial charge in [0.05, 0.1) is 0 Å². The monoisotopic (exact) mass is 252 g/mol. The summed E-state index contributed by atoms with van der Waals surface area (Å²) in [7, 11) is 0. The molecule has 3 nitrogen and oxygen atoms in total. The van der Waals surface area contributed by atoms with E-state index in [1.54, 1.807) is 0 Å². The van der Waals surface area contributed by atoms with Crippen LogP contribution in [0.1, 0.15) is 29.5 Å². The van der Waals surface area contributed by atoms with Crippen LogP contribution in [-0.2, 0) is 17.8 Å². The van der Waals surface area contributed by atoms with E-state index in [9.17, 15) is 4.79 Å². The van der Waals surface area contributed by atoms with Gasteiger partial charge in [0.2, 0.25) is 5.91 Å². The predicted octanol–water partition coefficient (Wildman–Crippen LogP) is 1.93. The molecule has 0 bridgehead atoms. The summed E-state index contributed by atoms with van der Waals surface area (Å²) >= 11 is 1.86. The molecule has 0 atom stereocenters. The quantitative estimate of drug-likeness (QED) is 0.728. The second kappa shape index (κ2) is 6.17. The molecule has 1 heterocycles. The standard InChI is InChI=1S/C13H20N2OS/c1-2-11-5-6-12(17-11)9-14-7-8-15-13(16)10-3-4-10/h5-6,10,14H,2-4,7-9H2,1H3,(H,15,16). The molecule has 0 unspecified atom stereocenters. The lowest BCUT2D eigenvalue weighted by Gasteiger charge is -2.05. The molecule has 2 N–H and O–H groups in total. The van der Waals surface area contributed by atoms with Crippen molar-refractivity contribution in [2.75, 3.05) is 13.1 Å². The Morgan fingerprint density at radius 1 is 1.35 bits per heavy atom. The van der Waals surface area contributed by atoms with E-state index in [4.69, 9.17) is 0 Å². The summed E-state index contributed by atoms with van der Waals surface area (Å²) in [6.45, 7) is 4.67. The molecule has 4 heteroatoms. The maximum absolute atomic E-state index is 11.3. The number of carbonyl (C=O) groups is 1. The summed E-state index contributed by atoms with van der Waals surface area (Å²) < 4.78 is 0. The van der Waals surface area contributed by atoms with E-state index in [1.807, 2.05) is 11.3 Å². The average Bonchev–Trinajstić information content (AvgIpc) is 3.09. The van der Waals surface area contributed by atoms with E-state index >= 15 is 0 Å². The first-order valence-electron chi connectivity index (χ1n) is 6.35. The molecular weight excluding hydrogens is 232 g/mol. The fourth-order valence-corrected chi connectivity index (χ4v) is 2.61. The number of aryl methyl sites for hydroxylation is 1. The van der Waals surface area contributed by atoms with Crippen molar-refractivity contribution in [1.82, 2.24) is 10.6 Å². The summed E-state index contributed by atoms with van der Waals surface area (Å²) in [5, 5.41) is 6.30. The molecule has 1 fully saturated rings. The van der Waals surface area contributed by atoms with Crippen LogP contribution in [0, 0.1) is 5.92 Å². The molecule has 1 saturated carbocycles. The van der Waals surface area contributed by atoms with Crippen LogP contribution in [0.2, 0.25) is 0 Å². The first kappa shape index (κ1) is 12.6. The van der Waals surface area contributed by atoms with Crippen molar-refractivity contribution in [3.63, 3.8) is 0 Å². The molecule has 0 saturated heterocycles. The number of amides is 1. The molecular formula is C13H20N2OS. The van der Waals surface area contributed by atoms with Crippen molar-refractivity contribution >= 4 is 17.2 Å². The Balaban J connectivity index is 1.54. The van der Waals surface area contributed by atoms with Gasteiger partial charge in [-0.2, -0.15) is 0 Å². The third-order valence-electron chi connectivity index (χ3n) is 2.91. The zero-order valence-electron chi connectivity index (χ0n) is 10.3. The van der Waals surface area contributed by atoms with Gasteiger partial charge < -0.3 is 10.6 Å². The zero-order chi connectivity index (χ0) is 12.1. The summed E-state index contributed by atoms with van der Waals surface area (Å²) in [6, 6.07) is 4.37. The lowest BCUT2D eigenvalue weighted by Crippen LogP contribution is -2.32. The Kier molecular flexibility index (Phi) is 4.57. The smallest absolute Gasteiger partial charge is 0.223 e. The maximum atomic E-state index is 11.3. The number of hydrogen-bond donors (Lipinski definition) is 2. The molecule has 1 amide bonds. The fraction of sp³-hybridized carbons (Fsp3) is 0.615. The van der Waals surface area contributed by atoms with E-state index in [0.29, 0.717) is 5.92 Å². The van der Waals surface area contributed by atoms with Gasteiger partial charge in [0, 0.05) is 35.3 Å². The summed E-state index contributed by atoms with van der Waals surface area (Å²) in [4.78, 5) is 14.1. The third-order valence-corrected chi connectivity index (χ3v) is 4.14. The minimum Gasteiger partial charge on any atom is -0.355 e. The Labute approximate surface area is 107 Å². The van der Waals surface area contributed by atoms with Gasteiger partial charge in [-0.15, -0.1) is 11.3 Å². The van der Waals surface area contributed by atoms with Crippen molar-refractivity contribution in [2.24, 2.45) is 5.92 Å². The molecule has 0 spiro atoms. The average molecular weight is 252 g/mol. The van der Waals surface area contributed by atoms with Crippen LogP contribution in [-0.4, -0.2) is 19.0 Å². The number of rotatable bonds is 7. The van der Waals surface area contributed by atoms with Gasteiger partial charge in [-0.3, -0.25) is 4.79 Å². The molecule has 1 aliphatic rings. The molecule has 94 valence electrons. The Bertz CT molecular complexity index is 371.